The predicted octanol–water partition coefficient (Wildman–Crippen LogP) is 2.01. The number of rotatable bonds is 3. The zero-order valence-electron chi connectivity index (χ0n) is 10.4. The van der Waals surface area contributed by atoms with Gasteiger partial charge in [0, 0.05) is 12.7 Å². The molecule has 0 saturated heterocycles. The highest BCUT2D eigenvalue weighted by atomic mass is 32.1. The molecule has 1 amide bonds. The van der Waals surface area contributed by atoms with E-state index in [-0.39, 0.29) is 10.9 Å². The summed E-state index contributed by atoms with van der Waals surface area (Å²) in [6, 6.07) is 7.15. The van der Waals surface area contributed by atoms with E-state index in [9.17, 15) is 4.79 Å². The molecule has 0 aliphatic heterocycles. The van der Waals surface area contributed by atoms with E-state index in [0.717, 1.165) is 5.56 Å². The lowest BCUT2D eigenvalue weighted by molar-refractivity contribution is 0.102. The van der Waals surface area contributed by atoms with E-state index < -0.39 is 0 Å². The van der Waals surface area contributed by atoms with Gasteiger partial charge in [0.05, 0.1) is 11.6 Å². The molecule has 6 nitrogen and oxygen atoms in total. The molecule has 0 atom stereocenters. The number of aromatic nitrogens is 2. The third kappa shape index (κ3) is 2.86. The molecule has 0 aliphatic carbocycles. The number of nitriles is 1. The second-order valence-corrected chi connectivity index (χ2v) is 4.74. The van der Waals surface area contributed by atoms with Crippen LogP contribution in [0.1, 0.15) is 20.9 Å². The van der Waals surface area contributed by atoms with Crippen molar-refractivity contribution >= 4 is 28.1 Å². The molecule has 1 heterocycles. The van der Waals surface area contributed by atoms with Gasteiger partial charge in [0.25, 0.3) is 5.91 Å². The molecule has 0 saturated carbocycles. The van der Waals surface area contributed by atoms with Gasteiger partial charge >= 0.3 is 0 Å². The van der Waals surface area contributed by atoms with Crippen LogP contribution in [0, 0.1) is 18.3 Å². The van der Waals surface area contributed by atoms with Gasteiger partial charge in [-0.25, -0.2) is 0 Å². The van der Waals surface area contributed by atoms with Crippen LogP contribution >= 0.6 is 11.3 Å². The van der Waals surface area contributed by atoms with Crippen LogP contribution < -0.4 is 10.6 Å². The van der Waals surface area contributed by atoms with Gasteiger partial charge in [0.15, 0.2) is 0 Å². The molecule has 1 aromatic heterocycles. The standard InChI is InChI=1S/C12H11N5OS/c1-7-3-4-8(6-13)5-9(7)15-10(18)11-16-17-12(14-2)19-11/h3-5H,1-2H3,(H,14,17)(H,15,18). The second kappa shape index (κ2) is 5.46. The Bertz CT molecular complexity index is 658. The summed E-state index contributed by atoms with van der Waals surface area (Å²) in [5.41, 5.74) is 1.98. The number of hydrogen-bond donors (Lipinski definition) is 2. The summed E-state index contributed by atoms with van der Waals surface area (Å²) in [7, 11) is 1.71. The number of aryl methyl sites for hydroxylation is 1. The van der Waals surface area contributed by atoms with Crippen LogP contribution in [0.4, 0.5) is 10.8 Å². The van der Waals surface area contributed by atoms with Gasteiger partial charge in [-0.15, -0.1) is 10.2 Å². The molecule has 0 aliphatic rings. The smallest absolute Gasteiger partial charge is 0.286 e. The predicted molar refractivity (Wildman–Crippen MR) is 73.3 cm³/mol. The molecule has 0 spiro atoms. The Labute approximate surface area is 114 Å². The van der Waals surface area contributed by atoms with Crippen molar-refractivity contribution in [3.05, 3.63) is 34.3 Å². The van der Waals surface area contributed by atoms with Crippen LogP contribution in [-0.2, 0) is 0 Å². The highest BCUT2D eigenvalue weighted by Gasteiger charge is 2.13. The normalized spacial score (nSPS) is 9.74. The molecule has 2 rings (SSSR count). The topological polar surface area (TPSA) is 90.7 Å². The van der Waals surface area contributed by atoms with Crippen molar-refractivity contribution < 1.29 is 4.79 Å². The van der Waals surface area contributed by atoms with E-state index in [0.29, 0.717) is 16.4 Å². The number of nitrogens with zero attached hydrogens (tertiary/aromatic N) is 3. The summed E-state index contributed by atoms with van der Waals surface area (Å²) in [5, 5.41) is 22.8. The minimum atomic E-state index is -0.336. The first-order valence-corrected chi connectivity index (χ1v) is 6.29. The van der Waals surface area contributed by atoms with E-state index in [1.165, 1.54) is 11.3 Å². The summed E-state index contributed by atoms with van der Waals surface area (Å²) >= 11 is 1.17. The molecular formula is C12H11N5OS. The minimum Gasteiger partial charge on any atom is -0.363 e. The first-order valence-electron chi connectivity index (χ1n) is 5.47. The number of amides is 1. The maximum absolute atomic E-state index is 12.0. The van der Waals surface area contributed by atoms with Crippen molar-refractivity contribution in [1.82, 2.24) is 10.2 Å². The summed E-state index contributed by atoms with van der Waals surface area (Å²) in [4.78, 5) is 12.0. The van der Waals surface area contributed by atoms with Gasteiger partial charge in [0.1, 0.15) is 0 Å². The molecule has 7 heteroatoms. The summed E-state index contributed by atoms with van der Waals surface area (Å²) in [6.07, 6.45) is 0. The van der Waals surface area contributed by atoms with Crippen LogP contribution in [-0.4, -0.2) is 23.2 Å². The lowest BCUT2D eigenvalue weighted by Crippen LogP contribution is -2.12. The van der Waals surface area contributed by atoms with Crippen molar-refractivity contribution in [2.75, 3.05) is 17.7 Å². The largest absolute Gasteiger partial charge is 0.363 e. The fraction of sp³-hybridized carbons (Fsp3) is 0.167. The molecule has 0 bridgehead atoms. The third-order valence-electron chi connectivity index (χ3n) is 2.45. The zero-order valence-corrected chi connectivity index (χ0v) is 11.2. The molecule has 1 aromatic carbocycles. The first-order chi connectivity index (χ1) is 9.13. The molecular weight excluding hydrogens is 262 g/mol. The monoisotopic (exact) mass is 273 g/mol. The summed E-state index contributed by atoms with van der Waals surface area (Å²) < 4.78 is 0. The number of hydrogen-bond acceptors (Lipinski definition) is 6. The number of anilines is 2. The fourth-order valence-electron chi connectivity index (χ4n) is 1.42. The van der Waals surface area contributed by atoms with Crippen LogP contribution in [0.2, 0.25) is 0 Å². The van der Waals surface area contributed by atoms with Gasteiger partial charge in [-0.05, 0) is 24.6 Å². The van der Waals surface area contributed by atoms with Gasteiger partial charge in [-0.3, -0.25) is 4.79 Å². The van der Waals surface area contributed by atoms with Gasteiger partial charge in [0.2, 0.25) is 10.1 Å². The molecule has 0 radical (unpaired) electrons. The third-order valence-corrected chi connectivity index (χ3v) is 3.39. The minimum absolute atomic E-state index is 0.270. The Balaban J connectivity index is 2.21. The maximum Gasteiger partial charge on any atom is 0.286 e. The van der Waals surface area contributed by atoms with Gasteiger partial charge < -0.3 is 10.6 Å². The fourth-order valence-corrected chi connectivity index (χ4v) is 2.01. The van der Waals surface area contributed by atoms with Crippen molar-refractivity contribution in [2.45, 2.75) is 6.92 Å². The number of nitrogens with one attached hydrogen (secondary N) is 2. The van der Waals surface area contributed by atoms with E-state index in [4.69, 9.17) is 5.26 Å². The zero-order chi connectivity index (χ0) is 13.8. The SMILES string of the molecule is CNc1nnc(C(=O)Nc2cc(C#N)ccc2C)s1. The van der Waals surface area contributed by atoms with E-state index in [1.54, 1.807) is 25.2 Å². The molecule has 2 N–H and O–H groups in total. The van der Waals surface area contributed by atoms with E-state index in [2.05, 4.69) is 20.8 Å². The van der Waals surface area contributed by atoms with Crippen LogP contribution in [0.5, 0.6) is 0 Å². The number of carbonyl (C=O) groups excluding carboxylic acids is 1. The molecule has 19 heavy (non-hydrogen) atoms. The number of carbonyl (C=O) groups is 1. The highest BCUT2D eigenvalue weighted by molar-refractivity contribution is 7.17. The lowest BCUT2D eigenvalue weighted by Gasteiger charge is -2.06. The summed E-state index contributed by atoms with van der Waals surface area (Å²) in [5.74, 6) is -0.336. The van der Waals surface area contributed by atoms with Gasteiger partial charge in [-0.2, -0.15) is 5.26 Å². The second-order valence-electron chi connectivity index (χ2n) is 3.76. The quantitative estimate of drug-likeness (QED) is 0.892. The molecule has 0 unspecified atom stereocenters. The average molecular weight is 273 g/mol. The Kier molecular flexibility index (Phi) is 3.73. The molecule has 96 valence electrons. The van der Waals surface area contributed by atoms with Crippen molar-refractivity contribution in [3.63, 3.8) is 0 Å². The van der Waals surface area contributed by atoms with Gasteiger partial charge in [-0.1, -0.05) is 17.4 Å². The van der Waals surface area contributed by atoms with E-state index >= 15 is 0 Å². The van der Waals surface area contributed by atoms with Crippen molar-refractivity contribution in [3.8, 4) is 6.07 Å². The Morgan fingerprint density at radius 3 is 2.84 bits per heavy atom. The Hall–Kier alpha value is -2.46. The average Bonchev–Trinajstić information content (AvgIpc) is 2.90. The molecule has 0 fully saturated rings. The van der Waals surface area contributed by atoms with Crippen molar-refractivity contribution in [1.29, 1.82) is 5.26 Å². The number of benzene rings is 1. The lowest BCUT2D eigenvalue weighted by atomic mass is 10.1. The summed E-state index contributed by atoms with van der Waals surface area (Å²) in [6.45, 7) is 1.86. The van der Waals surface area contributed by atoms with Crippen LogP contribution in [0.3, 0.4) is 0 Å². The Morgan fingerprint density at radius 2 is 2.21 bits per heavy atom. The molecule has 2 aromatic rings. The van der Waals surface area contributed by atoms with Crippen LogP contribution in [0.15, 0.2) is 18.2 Å². The van der Waals surface area contributed by atoms with Crippen LogP contribution in [0.25, 0.3) is 0 Å². The Morgan fingerprint density at radius 1 is 1.42 bits per heavy atom. The maximum atomic E-state index is 12.0. The van der Waals surface area contributed by atoms with Crippen molar-refractivity contribution in [2.24, 2.45) is 0 Å². The van der Waals surface area contributed by atoms with E-state index in [1.807, 2.05) is 13.0 Å². The highest BCUT2D eigenvalue weighted by Crippen LogP contribution is 2.19. The first kappa shape index (κ1) is 13.0.